The molecule has 1 atom stereocenters. The maximum absolute atomic E-state index is 13.0. The summed E-state index contributed by atoms with van der Waals surface area (Å²) >= 11 is 0. The molecule has 1 amide bonds. The molecule has 2 aromatic heterocycles. The van der Waals surface area contributed by atoms with Crippen molar-refractivity contribution in [1.29, 1.82) is 0 Å². The first-order chi connectivity index (χ1) is 13.9. The third-order valence-electron chi connectivity index (χ3n) is 5.46. The van der Waals surface area contributed by atoms with Crippen LogP contribution in [0.2, 0.25) is 0 Å². The molecule has 0 spiro atoms. The van der Waals surface area contributed by atoms with Crippen LogP contribution in [0.4, 0.5) is 0 Å². The quantitative estimate of drug-likeness (QED) is 0.718. The van der Waals surface area contributed by atoms with Crippen LogP contribution in [-0.2, 0) is 11.8 Å². The van der Waals surface area contributed by atoms with E-state index in [1.165, 1.54) is 5.56 Å². The Bertz CT molecular complexity index is 968. The van der Waals surface area contributed by atoms with Gasteiger partial charge >= 0.3 is 0 Å². The van der Waals surface area contributed by atoms with Crippen molar-refractivity contribution in [2.45, 2.75) is 51.4 Å². The average molecular weight is 393 g/mol. The van der Waals surface area contributed by atoms with E-state index in [0.717, 1.165) is 43.2 Å². The molecule has 1 saturated heterocycles. The number of nitrogens with one attached hydrogen (secondary N) is 1. The van der Waals surface area contributed by atoms with Crippen molar-refractivity contribution in [2.75, 3.05) is 13.1 Å². The van der Waals surface area contributed by atoms with Gasteiger partial charge in [0.2, 0.25) is 0 Å². The Kier molecular flexibility index (Phi) is 5.26. The standard InChI is InChI=1S/C23H28N4O2/c1-23(2,3)20-13-19(25-26-20)22(28)27-11-7-10-17(15-27)21-24-14-18(29-21)12-16-8-5-4-6-9-16/h4-6,8-9,13-14,17H,7,10-12,15H2,1-3H3,(H,25,26)/t17-/m0/s1. The third-order valence-corrected chi connectivity index (χ3v) is 5.46. The van der Waals surface area contributed by atoms with Crippen molar-refractivity contribution in [3.05, 3.63) is 71.2 Å². The minimum absolute atomic E-state index is 0.0301. The molecule has 152 valence electrons. The van der Waals surface area contributed by atoms with Crippen LogP contribution in [0.3, 0.4) is 0 Å². The van der Waals surface area contributed by atoms with E-state index in [-0.39, 0.29) is 17.2 Å². The minimum Gasteiger partial charge on any atom is -0.445 e. The fourth-order valence-corrected chi connectivity index (χ4v) is 3.73. The number of oxazole rings is 1. The van der Waals surface area contributed by atoms with Gasteiger partial charge in [0.15, 0.2) is 5.89 Å². The Hall–Kier alpha value is -2.89. The zero-order valence-electron chi connectivity index (χ0n) is 17.3. The number of piperidine rings is 1. The number of hydrogen-bond donors (Lipinski definition) is 1. The number of rotatable bonds is 4. The molecule has 29 heavy (non-hydrogen) atoms. The Balaban J connectivity index is 1.43. The molecular weight excluding hydrogens is 364 g/mol. The molecule has 1 aliphatic rings. The van der Waals surface area contributed by atoms with Crippen LogP contribution >= 0.6 is 0 Å². The van der Waals surface area contributed by atoms with Gasteiger partial charge in [-0.3, -0.25) is 9.89 Å². The van der Waals surface area contributed by atoms with Gasteiger partial charge in [-0.2, -0.15) is 5.10 Å². The predicted octanol–water partition coefficient (Wildman–Crippen LogP) is 4.31. The predicted molar refractivity (Wildman–Crippen MR) is 111 cm³/mol. The van der Waals surface area contributed by atoms with Gasteiger partial charge in [-0.25, -0.2) is 4.98 Å². The van der Waals surface area contributed by atoms with Crippen LogP contribution in [0.5, 0.6) is 0 Å². The summed E-state index contributed by atoms with van der Waals surface area (Å²) in [5.41, 5.74) is 2.58. The largest absolute Gasteiger partial charge is 0.445 e. The van der Waals surface area contributed by atoms with Gasteiger partial charge in [0, 0.05) is 30.6 Å². The number of aromatic amines is 1. The monoisotopic (exact) mass is 392 g/mol. The van der Waals surface area contributed by atoms with Gasteiger partial charge in [-0.1, -0.05) is 51.1 Å². The SMILES string of the molecule is CC(C)(C)c1cc(C(=O)N2CCC[C@H](c3ncc(Cc4ccccc4)o3)C2)n[nH]1. The molecule has 1 N–H and O–H groups in total. The van der Waals surface area contributed by atoms with Gasteiger partial charge < -0.3 is 9.32 Å². The fraction of sp³-hybridized carbons (Fsp3) is 0.435. The molecule has 3 aromatic rings. The molecule has 1 fully saturated rings. The van der Waals surface area contributed by atoms with Gasteiger partial charge in [-0.15, -0.1) is 0 Å². The molecule has 4 rings (SSSR count). The Morgan fingerprint density at radius 2 is 2.07 bits per heavy atom. The number of hydrogen-bond acceptors (Lipinski definition) is 4. The number of likely N-dealkylation sites (tertiary alicyclic amines) is 1. The highest BCUT2D eigenvalue weighted by Crippen LogP contribution is 2.28. The van der Waals surface area contributed by atoms with Gasteiger partial charge in [0.1, 0.15) is 11.5 Å². The number of aromatic nitrogens is 3. The fourth-order valence-electron chi connectivity index (χ4n) is 3.73. The van der Waals surface area contributed by atoms with E-state index in [1.807, 2.05) is 35.4 Å². The lowest BCUT2D eigenvalue weighted by molar-refractivity contribution is 0.0692. The smallest absolute Gasteiger partial charge is 0.274 e. The van der Waals surface area contributed by atoms with E-state index in [4.69, 9.17) is 4.42 Å². The summed E-state index contributed by atoms with van der Waals surface area (Å²) in [6, 6.07) is 12.1. The third kappa shape index (κ3) is 4.42. The molecule has 0 bridgehead atoms. The lowest BCUT2D eigenvalue weighted by atomic mass is 9.92. The van der Waals surface area contributed by atoms with E-state index in [0.29, 0.717) is 12.2 Å². The molecular formula is C23H28N4O2. The molecule has 0 aliphatic carbocycles. The lowest BCUT2D eigenvalue weighted by Gasteiger charge is -2.30. The first-order valence-corrected chi connectivity index (χ1v) is 10.2. The number of carbonyl (C=O) groups is 1. The van der Waals surface area contributed by atoms with E-state index in [2.05, 4.69) is 48.1 Å². The van der Waals surface area contributed by atoms with E-state index in [9.17, 15) is 4.79 Å². The summed E-state index contributed by atoms with van der Waals surface area (Å²) < 4.78 is 6.04. The first kappa shape index (κ1) is 19.4. The van der Waals surface area contributed by atoms with Crippen LogP contribution in [-0.4, -0.2) is 39.1 Å². The van der Waals surface area contributed by atoms with Gasteiger partial charge in [0.05, 0.1) is 12.1 Å². The van der Waals surface area contributed by atoms with Crippen LogP contribution in [0, 0.1) is 0 Å². The molecule has 1 aromatic carbocycles. The maximum atomic E-state index is 13.0. The van der Waals surface area contributed by atoms with Crippen LogP contribution < -0.4 is 0 Å². The molecule has 0 radical (unpaired) electrons. The zero-order chi connectivity index (χ0) is 20.4. The minimum atomic E-state index is -0.0663. The van der Waals surface area contributed by atoms with E-state index < -0.39 is 0 Å². The number of nitrogens with zero attached hydrogens (tertiary/aromatic N) is 3. The summed E-state index contributed by atoms with van der Waals surface area (Å²) in [6.07, 6.45) is 4.45. The molecule has 6 heteroatoms. The van der Waals surface area contributed by atoms with E-state index in [1.54, 1.807) is 0 Å². The number of H-pyrrole nitrogens is 1. The second kappa shape index (κ2) is 7.85. The summed E-state index contributed by atoms with van der Waals surface area (Å²) in [5.74, 6) is 1.68. The maximum Gasteiger partial charge on any atom is 0.274 e. The van der Waals surface area contributed by atoms with E-state index >= 15 is 0 Å². The van der Waals surface area contributed by atoms with Crippen molar-refractivity contribution in [1.82, 2.24) is 20.1 Å². The second-order valence-electron chi connectivity index (χ2n) is 8.83. The van der Waals surface area contributed by atoms with Crippen molar-refractivity contribution < 1.29 is 9.21 Å². The molecule has 0 unspecified atom stereocenters. The highest BCUT2D eigenvalue weighted by molar-refractivity contribution is 5.92. The highest BCUT2D eigenvalue weighted by atomic mass is 16.4. The summed E-state index contributed by atoms with van der Waals surface area (Å²) in [6.45, 7) is 7.65. The number of amides is 1. The molecule has 1 aliphatic heterocycles. The molecule has 6 nitrogen and oxygen atoms in total. The zero-order valence-corrected chi connectivity index (χ0v) is 17.3. The first-order valence-electron chi connectivity index (χ1n) is 10.2. The lowest BCUT2D eigenvalue weighted by Crippen LogP contribution is -2.39. The topological polar surface area (TPSA) is 75.0 Å². The van der Waals surface area contributed by atoms with Gasteiger partial charge in [0.25, 0.3) is 5.91 Å². The summed E-state index contributed by atoms with van der Waals surface area (Å²) in [5, 5.41) is 7.26. The highest BCUT2D eigenvalue weighted by Gasteiger charge is 2.30. The van der Waals surface area contributed by atoms with Crippen molar-refractivity contribution >= 4 is 5.91 Å². The summed E-state index contributed by atoms with van der Waals surface area (Å²) in [7, 11) is 0. The van der Waals surface area contributed by atoms with Crippen molar-refractivity contribution in [3.8, 4) is 0 Å². The number of benzene rings is 1. The Morgan fingerprint density at radius 1 is 1.28 bits per heavy atom. The van der Waals surface area contributed by atoms with Crippen LogP contribution in [0.25, 0.3) is 0 Å². The summed E-state index contributed by atoms with van der Waals surface area (Å²) in [4.78, 5) is 19.3. The van der Waals surface area contributed by atoms with Crippen molar-refractivity contribution in [3.63, 3.8) is 0 Å². The van der Waals surface area contributed by atoms with Crippen LogP contribution in [0.1, 0.15) is 72.9 Å². The van der Waals surface area contributed by atoms with Gasteiger partial charge in [-0.05, 0) is 24.5 Å². The number of carbonyl (C=O) groups excluding carboxylic acids is 1. The molecule has 0 saturated carbocycles. The normalized spacial score (nSPS) is 17.5. The second-order valence-corrected chi connectivity index (χ2v) is 8.83. The Morgan fingerprint density at radius 3 is 2.79 bits per heavy atom. The van der Waals surface area contributed by atoms with Crippen LogP contribution in [0.15, 0.2) is 47.0 Å². The Labute approximate surface area is 171 Å². The van der Waals surface area contributed by atoms with Crippen molar-refractivity contribution in [2.24, 2.45) is 0 Å². The molecule has 3 heterocycles. The average Bonchev–Trinajstić information content (AvgIpc) is 3.38.